The van der Waals surface area contributed by atoms with Crippen LogP contribution in [0.2, 0.25) is 0 Å². The highest BCUT2D eigenvalue weighted by Crippen LogP contribution is 2.12. The summed E-state index contributed by atoms with van der Waals surface area (Å²) in [5.74, 6) is -1.34. The molecule has 2 amide bonds. The number of hydrogen-bond donors (Lipinski definition) is 0. The first-order chi connectivity index (χ1) is 14.0. The highest BCUT2D eigenvalue weighted by molar-refractivity contribution is 5.97. The second-order valence-electron chi connectivity index (χ2n) is 7.06. The monoisotopic (exact) mass is 399 g/mol. The second kappa shape index (κ2) is 9.45. The third kappa shape index (κ3) is 4.88. The van der Waals surface area contributed by atoms with Crippen LogP contribution in [-0.2, 0) is 32.1 Å². The summed E-state index contributed by atoms with van der Waals surface area (Å²) < 4.78 is 6.69. The molecule has 3 rings (SSSR count). The first-order valence-electron chi connectivity index (χ1n) is 9.98. The van der Waals surface area contributed by atoms with E-state index < -0.39 is 18.5 Å². The minimum Gasteiger partial charge on any atom is -0.456 e. The molecule has 1 aliphatic heterocycles. The maximum absolute atomic E-state index is 12.8. The van der Waals surface area contributed by atoms with Crippen molar-refractivity contribution in [3.05, 3.63) is 40.3 Å². The number of benzene rings is 1. The summed E-state index contributed by atoms with van der Waals surface area (Å²) in [5, 5.41) is 0. The highest BCUT2D eigenvalue weighted by atomic mass is 16.5. The van der Waals surface area contributed by atoms with Crippen LogP contribution in [0.4, 0.5) is 0 Å². The summed E-state index contributed by atoms with van der Waals surface area (Å²) in [6.07, 6.45) is 2.88. The van der Waals surface area contributed by atoms with Gasteiger partial charge in [0, 0.05) is 25.9 Å². The predicted octanol–water partition coefficient (Wildman–Crippen LogP) is 1.82. The molecule has 29 heavy (non-hydrogen) atoms. The van der Waals surface area contributed by atoms with Gasteiger partial charge >= 0.3 is 5.97 Å². The summed E-state index contributed by atoms with van der Waals surface area (Å²) in [7, 11) is 0. The van der Waals surface area contributed by atoms with Gasteiger partial charge in [-0.05, 0) is 25.0 Å². The molecule has 0 unspecified atom stereocenters. The van der Waals surface area contributed by atoms with Gasteiger partial charge in [-0.15, -0.1) is 0 Å². The predicted molar refractivity (Wildman–Crippen MR) is 106 cm³/mol. The van der Waals surface area contributed by atoms with Crippen LogP contribution in [0, 0.1) is 0 Å². The number of carbonyl (C=O) groups excluding carboxylic acids is 3. The van der Waals surface area contributed by atoms with Gasteiger partial charge in [0.2, 0.25) is 5.91 Å². The first-order valence-corrected chi connectivity index (χ1v) is 9.98. The zero-order valence-electron chi connectivity index (χ0n) is 16.6. The van der Waals surface area contributed by atoms with Crippen molar-refractivity contribution in [2.45, 2.75) is 52.0 Å². The molecule has 0 N–H and O–H groups in total. The number of aromatic nitrogens is 2. The molecule has 0 saturated carbocycles. The smallest absolute Gasteiger partial charge is 0.306 e. The number of carbonyl (C=O) groups is 3. The maximum Gasteiger partial charge on any atom is 0.306 e. The van der Waals surface area contributed by atoms with Crippen molar-refractivity contribution in [3.8, 4) is 0 Å². The van der Waals surface area contributed by atoms with Crippen LogP contribution in [0.25, 0.3) is 11.0 Å². The molecule has 0 spiro atoms. The van der Waals surface area contributed by atoms with E-state index in [0.29, 0.717) is 37.1 Å². The Balaban J connectivity index is 1.64. The van der Waals surface area contributed by atoms with Crippen LogP contribution in [-0.4, -0.2) is 45.4 Å². The SMILES string of the molecule is CCCCn1c(=O)c(CCC(=O)OCC(=O)N2CCCC2=O)nc2ccccc21. The number of ether oxygens (including phenoxy) is 1. The number of likely N-dealkylation sites (tertiary alicyclic amines) is 1. The Morgan fingerprint density at radius 2 is 2.00 bits per heavy atom. The van der Waals surface area contributed by atoms with Crippen LogP contribution >= 0.6 is 0 Å². The normalized spacial score (nSPS) is 13.8. The summed E-state index contributed by atoms with van der Waals surface area (Å²) >= 11 is 0. The van der Waals surface area contributed by atoms with E-state index in [-0.39, 0.29) is 24.3 Å². The first kappa shape index (κ1) is 20.7. The zero-order chi connectivity index (χ0) is 20.8. The molecule has 8 heteroatoms. The standard InChI is InChI=1S/C21H25N3O5/c1-2-3-12-23-17-8-5-4-7-15(17)22-16(21(23)28)10-11-20(27)29-14-19(26)24-13-6-9-18(24)25/h4-5,7-8H,2-3,6,9-14H2,1H3. The molecule has 2 aromatic rings. The molecule has 154 valence electrons. The van der Waals surface area contributed by atoms with Crippen LogP contribution in [0.3, 0.4) is 0 Å². The Morgan fingerprint density at radius 3 is 2.72 bits per heavy atom. The fourth-order valence-electron chi connectivity index (χ4n) is 3.37. The fraction of sp³-hybridized carbons (Fsp3) is 0.476. The van der Waals surface area contributed by atoms with Crippen molar-refractivity contribution < 1.29 is 19.1 Å². The quantitative estimate of drug-likeness (QED) is 0.628. The molecule has 1 saturated heterocycles. The van der Waals surface area contributed by atoms with E-state index in [4.69, 9.17) is 4.74 Å². The Hall–Kier alpha value is -3.03. The molecule has 0 bridgehead atoms. The van der Waals surface area contributed by atoms with E-state index in [2.05, 4.69) is 11.9 Å². The summed E-state index contributed by atoms with van der Waals surface area (Å²) in [4.78, 5) is 53.9. The zero-order valence-corrected chi connectivity index (χ0v) is 16.6. The number of unbranched alkanes of at least 4 members (excludes halogenated alkanes) is 1. The Morgan fingerprint density at radius 1 is 1.21 bits per heavy atom. The highest BCUT2D eigenvalue weighted by Gasteiger charge is 2.27. The number of esters is 1. The van der Waals surface area contributed by atoms with Crippen LogP contribution in [0.15, 0.2) is 29.1 Å². The lowest BCUT2D eigenvalue weighted by Gasteiger charge is -2.13. The number of rotatable bonds is 8. The Bertz CT molecular complexity index is 982. The number of amides is 2. The number of hydrogen-bond acceptors (Lipinski definition) is 6. The molecule has 8 nitrogen and oxygen atoms in total. The Labute approximate surface area is 168 Å². The van der Waals surface area contributed by atoms with Gasteiger partial charge in [-0.25, -0.2) is 4.98 Å². The third-order valence-corrected chi connectivity index (χ3v) is 4.95. The van der Waals surface area contributed by atoms with E-state index >= 15 is 0 Å². The van der Waals surface area contributed by atoms with E-state index in [9.17, 15) is 19.2 Å². The largest absolute Gasteiger partial charge is 0.456 e. The van der Waals surface area contributed by atoms with Crippen molar-refractivity contribution in [2.24, 2.45) is 0 Å². The lowest BCUT2D eigenvalue weighted by molar-refractivity contribution is -0.154. The minimum atomic E-state index is -0.598. The van der Waals surface area contributed by atoms with Crippen molar-refractivity contribution >= 4 is 28.8 Å². The molecule has 1 fully saturated rings. The molecule has 0 aliphatic carbocycles. The molecule has 0 radical (unpaired) electrons. The van der Waals surface area contributed by atoms with E-state index in [1.807, 2.05) is 24.3 Å². The molecule has 1 aliphatic rings. The van der Waals surface area contributed by atoms with E-state index in [1.54, 1.807) is 4.57 Å². The van der Waals surface area contributed by atoms with E-state index in [1.165, 1.54) is 0 Å². The number of para-hydroxylation sites is 2. The average Bonchev–Trinajstić information content (AvgIpc) is 3.16. The average molecular weight is 399 g/mol. The van der Waals surface area contributed by atoms with Crippen molar-refractivity contribution in [3.63, 3.8) is 0 Å². The van der Waals surface area contributed by atoms with Crippen molar-refractivity contribution in [1.29, 1.82) is 0 Å². The maximum atomic E-state index is 12.8. The van der Waals surface area contributed by atoms with Crippen LogP contribution in [0.5, 0.6) is 0 Å². The number of aryl methyl sites for hydroxylation is 2. The fourth-order valence-corrected chi connectivity index (χ4v) is 3.37. The topological polar surface area (TPSA) is 98.6 Å². The van der Waals surface area contributed by atoms with Gasteiger partial charge in [0.15, 0.2) is 6.61 Å². The molecule has 1 aromatic heterocycles. The second-order valence-corrected chi connectivity index (χ2v) is 7.06. The van der Waals surface area contributed by atoms with E-state index in [0.717, 1.165) is 23.3 Å². The van der Waals surface area contributed by atoms with Gasteiger partial charge in [-0.3, -0.25) is 24.1 Å². The van der Waals surface area contributed by atoms with Gasteiger partial charge in [-0.1, -0.05) is 25.5 Å². The number of imide groups is 1. The van der Waals surface area contributed by atoms with Gasteiger partial charge in [0.25, 0.3) is 11.5 Å². The minimum absolute atomic E-state index is 0.0599. The lowest BCUT2D eigenvalue weighted by atomic mass is 10.2. The van der Waals surface area contributed by atoms with Crippen LogP contribution in [0.1, 0.15) is 44.7 Å². The molecule has 0 atom stereocenters. The number of fused-ring (bicyclic) bond motifs is 1. The van der Waals surface area contributed by atoms with Crippen molar-refractivity contribution in [2.75, 3.05) is 13.2 Å². The molecular formula is C21H25N3O5. The third-order valence-electron chi connectivity index (χ3n) is 4.95. The summed E-state index contributed by atoms with van der Waals surface area (Å²) in [5.41, 5.74) is 1.58. The summed E-state index contributed by atoms with van der Waals surface area (Å²) in [6.45, 7) is 2.56. The van der Waals surface area contributed by atoms with Crippen LogP contribution < -0.4 is 5.56 Å². The Kier molecular flexibility index (Phi) is 6.74. The molecular weight excluding hydrogens is 374 g/mol. The molecule has 1 aromatic carbocycles. The molecule has 2 heterocycles. The van der Waals surface area contributed by atoms with Gasteiger partial charge in [0.1, 0.15) is 5.69 Å². The van der Waals surface area contributed by atoms with Gasteiger partial charge in [0.05, 0.1) is 17.5 Å². The summed E-state index contributed by atoms with van der Waals surface area (Å²) in [6, 6.07) is 7.42. The lowest BCUT2D eigenvalue weighted by Crippen LogP contribution is -2.35. The van der Waals surface area contributed by atoms with Crippen molar-refractivity contribution in [1.82, 2.24) is 14.5 Å². The van der Waals surface area contributed by atoms with Gasteiger partial charge in [-0.2, -0.15) is 0 Å². The van der Waals surface area contributed by atoms with Gasteiger partial charge < -0.3 is 9.30 Å². The number of nitrogens with zero attached hydrogens (tertiary/aromatic N) is 3.